The van der Waals surface area contributed by atoms with Gasteiger partial charge >= 0.3 is 0 Å². The van der Waals surface area contributed by atoms with Crippen LogP contribution < -0.4 is 5.73 Å². The van der Waals surface area contributed by atoms with Gasteiger partial charge in [0.1, 0.15) is 0 Å². The first-order chi connectivity index (χ1) is 10.1. The number of aryl methyl sites for hydroxylation is 1. The zero-order valence-electron chi connectivity index (χ0n) is 11.9. The predicted molar refractivity (Wildman–Crippen MR) is 88.4 cm³/mol. The third kappa shape index (κ3) is 2.41. The molecule has 0 fully saturated rings. The van der Waals surface area contributed by atoms with E-state index in [0.717, 1.165) is 33.0 Å². The Bertz CT molecular complexity index is 806. The number of H-pyrrole nitrogens is 1. The van der Waals surface area contributed by atoms with Crippen molar-refractivity contribution in [2.75, 3.05) is 5.73 Å². The van der Waals surface area contributed by atoms with Crippen molar-refractivity contribution in [1.82, 2.24) is 10.2 Å². The second kappa shape index (κ2) is 5.26. The lowest BCUT2D eigenvalue weighted by atomic mass is 9.97. The first-order valence-electron chi connectivity index (χ1n) is 6.74. The second-order valence-electron chi connectivity index (χ2n) is 5.14. The molecule has 1 heterocycles. The van der Waals surface area contributed by atoms with Crippen molar-refractivity contribution in [1.29, 1.82) is 0 Å². The minimum Gasteiger partial charge on any atom is -0.382 e. The fourth-order valence-electron chi connectivity index (χ4n) is 2.52. The van der Waals surface area contributed by atoms with Crippen LogP contribution in [0, 0.1) is 13.8 Å². The van der Waals surface area contributed by atoms with Crippen LogP contribution in [0.3, 0.4) is 0 Å². The number of nitrogens with one attached hydrogen (secondary N) is 1. The molecule has 0 spiro atoms. The zero-order valence-corrected chi connectivity index (χ0v) is 12.7. The summed E-state index contributed by atoms with van der Waals surface area (Å²) >= 11 is 6.23. The number of hydrogen-bond donors (Lipinski definition) is 2. The first kappa shape index (κ1) is 13.7. The fraction of sp³-hybridized carbons (Fsp3) is 0.118. The average molecular weight is 298 g/mol. The highest BCUT2D eigenvalue weighted by molar-refractivity contribution is 6.31. The molecule has 0 aliphatic carbocycles. The van der Waals surface area contributed by atoms with E-state index in [-0.39, 0.29) is 0 Å². The van der Waals surface area contributed by atoms with Crippen molar-refractivity contribution in [2.45, 2.75) is 13.8 Å². The third-order valence-corrected chi connectivity index (χ3v) is 4.05. The fourth-order valence-corrected chi connectivity index (χ4v) is 2.70. The van der Waals surface area contributed by atoms with Gasteiger partial charge in [0.15, 0.2) is 5.82 Å². The van der Waals surface area contributed by atoms with E-state index in [0.29, 0.717) is 5.82 Å². The summed E-state index contributed by atoms with van der Waals surface area (Å²) in [5.74, 6) is 0.495. The molecule has 0 unspecified atom stereocenters. The normalized spacial score (nSPS) is 10.8. The standard InChI is InChI=1S/C17H16ClN3/c1-10-5-3-6-12(9-10)15-16(20-21-17(15)19)13-7-4-8-14(18)11(13)2/h3-9H,1-2H3,(H3,19,20,21). The lowest BCUT2D eigenvalue weighted by Gasteiger charge is -2.09. The molecule has 4 heteroatoms. The summed E-state index contributed by atoms with van der Waals surface area (Å²) in [4.78, 5) is 0. The van der Waals surface area contributed by atoms with Crippen LogP contribution in [0.15, 0.2) is 42.5 Å². The number of nitrogens with zero attached hydrogens (tertiary/aromatic N) is 1. The topological polar surface area (TPSA) is 54.7 Å². The molecule has 106 valence electrons. The molecule has 0 bridgehead atoms. The van der Waals surface area contributed by atoms with Crippen LogP contribution in [0.25, 0.3) is 22.4 Å². The summed E-state index contributed by atoms with van der Waals surface area (Å²) < 4.78 is 0. The van der Waals surface area contributed by atoms with E-state index in [2.05, 4.69) is 29.3 Å². The zero-order chi connectivity index (χ0) is 15.0. The Morgan fingerprint density at radius 1 is 1.10 bits per heavy atom. The van der Waals surface area contributed by atoms with Gasteiger partial charge in [-0.25, -0.2) is 0 Å². The van der Waals surface area contributed by atoms with Gasteiger partial charge in [-0.2, -0.15) is 5.10 Å². The molecule has 0 aliphatic rings. The van der Waals surface area contributed by atoms with Gasteiger partial charge in [-0.05, 0) is 31.0 Å². The molecule has 0 radical (unpaired) electrons. The van der Waals surface area contributed by atoms with Crippen LogP contribution in [-0.4, -0.2) is 10.2 Å². The molecule has 2 aromatic carbocycles. The molecule has 0 amide bonds. The number of anilines is 1. The smallest absolute Gasteiger partial charge is 0.153 e. The number of nitrogens with two attached hydrogens (primary N) is 1. The highest BCUT2D eigenvalue weighted by Crippen LogP contribution is 2.37. The van der Waals surface area contributed by atoms with E-state index < -0.39 is 0 Å². The van der Waals surface area contributed by atoms with Crippen molar-refractivity contribution < 1.29 is 0 Å². The van der Waals surface area contributed by atoms with Gasteiger partial charge in [-0.15, -0.1) is 0 Å². The van der Waals surface area contributed by atoms with Crippen LogP contribution in [-0.2, 0) is 0 Å². The Morgan fingerprint density at radius 3 is 2.62 bits per heavy atom. The Hall–Kier alpha value is -2.26. The summed E-state index contributed by atoms with van der Waals surface area (Å²) in [6, 6.07) is 14.1. The maximum absolute atomic E-state index is 6.23. The van der Waals surface area contributed by atoms with Crippen LogP contribution in [0.1, 0.15) is 11.1 Å². The largest absolute Gasteiger partial charge is 0.382 e. The van der Waals surface area contributed by atoms with Gasteiger partial charge in [-0.3, -0.25) is 5.10 Å². The van der Waals surface area contributed by atoms with Crippen LogP contribution in [0.5, 0.6) is 0 Å². The summed E-state index contributed by atoms with van der Waals surface area (Å²) in [6.45, 7) is 4.05. The van der Waals surface area contributed by atoms with E-state index >= 15 is 0 Å². The van der Waals surface area contributed by atoms with E-state index in [1.807, 2.05) is 37.3 Å². The van der Waals surface area contributed by atoms with Crippen molar-refractivity contribution in [3.8, 4) is 22.4 Å². The number of hydrogen-bond acceptors (Lipinski definition) is 2. The molecule has 3 aromatic rings. The monoisotopic (exact) mass is 297 g/mol. The average Bonchev–Trinajstić information content (AvgIpc) is 2.83. The summed E-state index contributed by atoms with van der Waals surface area (Å²) in [6.07, 6.45) is 0. The first-order valence-corrected chi connectivity index (χ1v) is 7.12. The predicted octanol–water partition coefficient (Wildman–Crippen LogP) is 4.60. The number of aromatic amines is 1. The quantitative estimate of drug-likeness (QED) is 0.726. The van der Waals surface area contributed by atoms with E-state index in [1.54, 1.807) is 0 Å². The van der Waals surface area contributed by atoms with E-state index in [1.165, 1.54) is 5.56 Å². The molecule has 21 heavy (non-hydrogen) atoms. The molecule has 3 N–H and O–H groups in total. The minimum atomic E-state index is 0.495. The Balaban J connectivity index is 2.24. The maximum atomic E-state index is 6.23. The molecule has 1 aromatic heterocycles. The molecular weight excluding hydrogens is 282 g/mol. The molecule has 3 nitrogen and oxygen atoms in total. The van der Waals surface area contributed by atoms with Crippen molar-refractivity contribution >= 4 is 17.4 Å². The second-order valence-corrected chi connectivity index (χ2v) is 5.55. The third-order valence-electron chi connectivity index (χ3n) is 3.64. The van der Waals surface area contributed by atoms with Crippen LogP contribution in [0.2, 0.25) is 5.02 Å². The molecule has 0 saturated heterocycles. The van der Waals surface area contributed by atoms with Gasteiger partial charge in [0.05, 0.1) is 11.3 Å². The van der Waals surface area contributed by atoms with E-state index in [9.17, 15) is 0 Å². The Kier molecular flexibility index (Phi) is 3.43. The Morgan fingerprint density at radius 2 is 1.86 bits per heavy atom. The van der Waals surface area contributed by atoms with Crippen LogP contribution >= 0.6 is 11.6 Å². The van der Waals surface area contributed by atoms with Gasteiger partial charge < -0.3 is 5.73 Å². The molecule has 0 aliphatic heterocycles. The lowest BCUT2D eigenvalue weighted by Crippen LogP contribution is -1.90. The van der Waals surface area contributed by atoms with Gasteiger partial charge in [0, 0.05) is 10.6 Å². The van der Waals surface area contributed by atoms with Gasteiger partial charge in [0.25, 0.3) is 0 Å². The Labute approximate surface area is 128 Å². The van der Waals surface area contributed by atoms with Crippen molar-refractivity contribution in [2.24, 2.45) is 0 Å². The number of benzene rings is 2. The highest BCUT2D eigenvalue weighted by Gasteiger charge is 2.17. The van der Waals surface area contributed by atoms with Gasteiger partial charge in [0.2, 0.25) is 0 Å². The lowest BCUT2D eigenvalue weighted by molar-refractivity contribution is 1.10. The summed E-state index contributed by atoms with van der Waals surface area (Å²) in [5, 5.41) is 7.95. The minimum absolute atomic E-state index is 0.495. The number of rotatable bonds is 2. The summed E-state index contributed by atoms with van der Waals surface area (Å²) in [5.41, 5.74) is 12.2. The van der Waals surface area contributed by atoms with E-state index in [4.69, 9.17) is 17.3 Å². The van der Waals surface area contributed by atoms with Crippen LogP contribution in [0.4, 0.5) is 5.82 Å². The highest BCUT2D eigenvalue weighted by atomic mass is 35.5. The van der Waals surface area contributed by atoms with Gasteiger partial charge in [-0.1, -0.05) is 53.6 Å². The SMILES string of the molecule is Cc1cccc(-c2c(N)n[nH]c2-c2cccc(Cl)c2C)c1. The van der Waals surface area contributed by atoms with Crippen molar-refractivity contribution in [3.05, 3.63) is 58.6 Å². The number of halogens is 1. The van der Waals surface area contributed by atoms with Crippen molar-refractivity contribution in [3.63, 3.8) is 0 Å². The molecule has 0 saturated carbocycles. The molecule has 3 rings (SSSR count). The molecular formula is C17H16ClN3. The number of nitrogen functional groups attached to an aromatic ring is 1. The maximum Gasteiger partial charge on any atom is 0.153 e. The summed E-state index contributed by atoms with van der Waals surface area (Å²) in [7, 11) is 0. The molecule has 0 atom stereocenters. The number of aromatic nitrogens is 2.